The number of carbonyl (C=O) groups is 1. The minimum Gasteiger partial charge on any atom is -0.465 e. The van der Waals surface area contributed by atoms with Crippen LogP contribution < -0.4 is 0 Å². The molecule has 0 fully saturated rings. The monoisotopic (exact) mass is 221 g/mol. The van der Waals surface area contributed by atoms with Crippen molar-refractivity contribution in [3.05, 3.63) is 34.0 Å². The Morgan fingerprint density at radius 2 is 2.31 bits per heavy atom. The van der Waals surface area contributed by atoms with Crippen LogP contribution in [0.1, 0.15) is 10.4 Å². The molecule has 7 nitrogen and oxygen atoms in total. The second-order valence-electron chi connectivity index (χ2n) is 3.08. The number of ether oxygens (including phenoxy) is 1. The van der Waals surface area contributed by atoms with Gasteiger partial charge in [0.1, 0.15) is 5.56 Å². The molecule has 1 aromatic carbocycles. The van der Waals surface area contributed by atoms with Crippen LogP contribution in [0.25, 0.3) is 10.9 Å². The normalized spacial score (nSPS) is 10.3. The SMILES string of the molecule is COC(=O)c1cc2[nH]ncc2cc1[N+](=O)[O-]. The summed E-state index contributed by atoms with van der Waals surface area (Å²) in [5.74, 6) is -0.747. The highest BCUT2D eigenvalue weighted by atomic mass is 16.6. The number of hydrogen-bond acceptors (Lipinski definition) is 5. The van der Waals surface area contributed by atoms with Crippen LogP contribution in [0.4, 0.5) is 5.69 Å². The second kappa shape index (κ2) is 3.61. The minimum absolute atomic E-state index is 0.0933. The highest BCUT2D eigenvalue weighted by Gasteiger charge is 2.22. The first-order valence-corrected chi connectivity index (χ1v) is 4.33. The Hall–Kier alpha value is -2.44. The van der Waals surface area contributed by atoms with Crippen molar-refractivity contribution >= 4 is 22.6 Å². The van der Waals surface area contributed by atoms with E-state index in [1.54, 1.807) is 0 Å². The van der Waals surface area contributed by atoms with Crippen LogP contribution >= 0.6 is 0 Å². The topological polar surface area (TPSA) is 98.1 Å². The zero-order valence-electron chi connectivity index (χ0n) is 8.26. The van der Waals surface area contributed by atoms with E-state index in [-0.39, 0.29) is 11.3 Å². The molecule has 0 unspecified atom stereocenters. The molecular weight excluding hydrogens is 214 g/mol. The quantitative estimate of drug-likeness (QED) is 0.467. The maximum atomic E-state index is 11.3. The van der Waals surface area contributed by atoms with Crippen LogP contribution in [0.3, 0.4) is 0 Å². The van der Waals surface area contributed by atoms with E-state index in [1.165, 1.54) is 25.4 Å². The number of nitro benzene ring substituents is 1. The lowest BCUT2D eigenvalue weighted by atomic mass is 10.1. The van der Waals surface area contributed by atoms with Crippen molar-refractivity contribution < 1.29 is 14.5 Å². The zero-order valence-corrected chi connectivity index (χ0v) is 8.26. The summed E-state index contributed by atoms with van der Waals surface area (Å²) >= 11 is 0. The van der Waals surface area contributed by atoms with Gasteiger partial charge in [-0.2, -0.15) is 5.10 Å². The summed E-state index contributed by atoms with van der Waals surface area (Å²) in [6, 6.07) is 2.64. The van der Waals surface area contributed by atoms with Gasteiger partial charge in [0.25, 0.3) is 5.69 Å². The van der Waals surface area contributed by atoms with E-state index in [9.17, 15) is 14.9 Å². The molecule has 0 aliphatic rings. The summed E-state index contributed by atoms with van der Waals surface area (Å²) in [4.78, 5) is 21.5. The maximum Gasteiger partial charge on any atom is 0.344 e. The van der Waals surface area contributed by atoms with Crippen LogP contribution in [-0.4, -0.2) is 28.2 Å². The van der Waals surface area contributed by atoms with Crippen LogP contribution in [0, 0.1) is 10.1 Å². The van der Waals surface area contributed by atoms with Gasteiger partial charge in [0.15, 0.2) is 0 Å². The number of benzene rings is 1. The van der Waals surface area contributed by atoms with Crippen molar-refractivity contribution in [1.82, 2.24) is 10.2 Å². The standard InChI is InChI=1S/C9H7N3O4/c1-16-9(13)6-3-7-5(4-10-11-7)2-8(6)12(14)15/h2-4H,1H3,(H,10,11). The van der Waals surface area contributed by atoms with Crippen molar-refractivity contribution in [3.63, 3.8) is 0 Å². The van der Waals surface area contributed by atoms with Crippen LogP contribution in [-0.2, 0) is 4.74 Å². The molecule has 0 atom stereocenters. The van der Waals surface area contributed by atoms with Crippen molar-refractivity contribution in [3.8, 4) is 0 Å². The Morgan fingerprint density at radius 3 is 2.94 bits per heavy atom. The van der Waals surface area contributed by atoms with Gasteiger partial charge in [0.2, 0.25) is 0 Å². The van der Waals surface area contributed by atoms with E-state index in [2.05, 4.69) is 14.9 Å². The Morgan fingerprint density at radius 1 is 1.56 bits per heavy atom. The fraction of sp³-hybridized carbons (Fsp3) is 0.111. The van der Waals surface area contributed by atoms with E-state index >= 15 is 0 Å². The molecule has 0 bridgehead atoms. The summed E-state index contributed by atoms with van der Waals surface area (Å²) in [5, 5.41) is 17.7. The predicted molar refractivity (Wildman–Crippen MR) is 54.1 cm³/mol. The van der Waals surface area contributed by atoms with Crippen molar-refractivity contribution in [2.75, 3.05) is 7.11 Å². The molecule has 0 amide bonds. The molecule has 0 saturated heterocycles. The fourth-order valence-electron chi connectivity index (χ4n) is 1.40. The van der Waals surface area contributed by atoms with Gasteiger partial charge in [0, 0.05) is 11.5 Å². The number of methoxy groups -OCH3 is 1. The molecule has 16 heavy (non-hydrogen) atoms. The molecule has 0 aliphatic heterocycles. The number of rotatable bonds is 2. The molecule has 1 aromatic heterocycles. The van der Waals surface area contributed by atoms with Crippen molar-refractivity contribution in [2.24, 2.45) is 0 Å². The molecule has 0 radical (unpaired) electrons. The van der Waals surface area contributed by atoms with Crippen molar-refractivity contribution in [1.29, 1.82) is 0 Å². The number of nitrogens with one attached hydrogen (secondary N) is 1. The van der Waals surface area contributed by atoms with E-state index in [4.69, 9.17) is 0 Å². The van der Waals surface area contributed by atoms with Crippen LogP contribution in [0.5, 0.6) is 0 Å². The lowest BCUT2D eigenvalue weighted by Gasteiger charge is -2.00. The number of nitro groups is 1. The highest BCUT2D eigenvalue weighted by Crippen LogP contribution is 2.25. The van der Waals surface area contributed by atoms with Gasteiger partial charge in [-0.25, -0.2) is 4.79 Å². The highest BCUT2D eigenvalue weighted by molar-refractivity contribution is 5.98. The molecule has 1 heterocycles. The van der Waals surface area contributed by atoms with Gasteiger partial charge in [-0.1, -0.05) is 0 Å². The van der Waals surface area contributed by atoms with Gasteiger partial charge >= 0.3 is 5.97 Å². The summed E-state index contributed by atoms with van der Waals surface area (Å²) in [7, 11) is 1.17. The molecule has 7 heteroatoms. The Kier molecular flexibility index (Phi) is 2.28. The molecule has 2 aromatic rings. The van der Waals surface area contributed by atoms with Gasteiger partial charge in [-0.05, 0) is 6.07 Å². The number of fused-ring (bicyclic) bond motifs is 1. The lowest BCUT2D eigenvalue weighted by molar-refractivity contribution is -0.385. The first-order chi connectivity index (χ1) is 7.63. The lowest BCUT2D eigenvalue weighted by Crippen LogP contribution is -2.05. The van der Waals surface area contributed by atoms with Crippen molar-refractivity contribution in [2.45, 2.75) is 0 Å². The Bertz CT molecular complexity index is 575. The number of esters is 1. The molecule has 2 rings (SSSR count). The van der Waals surface area contributed by atoms with Crippen LogP contribution in [0.2, 0.25) is 0 Å². The molecular formula is C9H7N3O4. The second-order valence-corrected chi connectivity index (χ2v) is 3.08. The number of nitrogens with zero attached hydrogens (tertiary/aromatic N) is 2. The third-order valence-corrected chi connectivity index (χ3v) is 2.16. The summed E-state index contributed by atoms with van der Waals surface area (Å²) < 4.78 is 4.47. The Labute approximate surface area is 89.2 Å². The smallest absolute Gasteiger partial charge is 0.344 e. The van der Waals surface area contributed by atoms with E-state index in [1.807, 2.05) is 0 Å². The predicted octanol–water partition coefficient (Wildman–Crippen LogP) is 1.26. The average Bonchev–Trinajstić information content (AvgIpc) is 2.73. The van der Waals surface area contributed by atoms with E-state index in [0.29, 0.717) is 10.9 Å². The first kappa shape index (κ1) is 10.1. The first-order valence-electron chi connectivity index (χ1n) is 4.33. The van der Waals surface area contributed by atoms with Gasteiger partial charge in [0.05, 0.1) is 23.7 Å². The van der Waals surface area contributed by atoms with Gasteiger partial charge in [-0.3, -0.25) is 15.2 Å². The summed E-state index contributed by atoms with van der Waals surface area (Å²) in [6.45, 7) is 0. The summed E-state index contributed by atoms with van der Waals surface area (Å²) in [6.07, 6.45) is 1.45. The number of hydrogen-bond donors (Lipinski definition) is 1. The molecule has 1 N–H and O–H groups in total. The third kappa shape index (κ3) is 1.48. The van der Waals surface area contributed by atoms with Gasteiger partial charge < -0.3 is 4.74 Å². The minimum atomic E-state index is -0.747. The summed E-state index contributed by atoms with van der Waals surface area (Å²) in [5.41, 5.74) is 0.163. The average molecular weight is 221 g/mol. The fourth-order valence-corrected chi connectivity index (χ4v) is 1.40. The molecule has 0 saturated carbocycles. The number of carbonyl (C=O) groups excluding carboxylic acids is 1. The number of aromatic amines is 1. The number of aromatic nitrogens is 2. The zero-order chi connectivity index (χ0) is 11.7. The van der Waals surface area contributed by atoms with Crippen LogP contribution in [0.15, 0.2) is 18.3 Å². The maximum absolute atomic E-state index is 11.3. The van der Waals surface area contributed by atoms with Gasteiger partial charge in [-0.15, -0.1) is 0 Å². The third-order valence-electron chi connectivity index (χ3n) is 2.16. The largest absolute Gasteiger partial charge is 0.465 e. The van der Waals surface area contributed by atoms with E-state index in [0.717, 1.165) is 0 Å². The molecule has 0 aliphatic carbocycles. The molecule has 0 spiro atoms. The Balaban J connectivity index is 2.72. The van der Waals surface area contributed by atoms with E-state index < -0.39 is 10.9 Å². The molecule has 82 valence electrons. The number of H-pyrrole nitrogens is 1.